The molecule has 1 atom stereocenters. The van der Waals surface area contributed by atoms with Crippen LogP contribution in [-0.4, -0.2) is 29.1 Å². The first-order valence-corrected chi connectivity index (χ1v) is 4.61. The van der Waals surface area contributed by atoms with Crippen LogP contribution >= 0.6 is 11.8 Å². The fraction of sp³-hybridized carbons (Fsp3) is 0.571. The van der Waals surface area contributed by atoms with Crippen molar-refractivity contribution in [3.63, 3.8) is 0 Å². The Morgan fingerprint density at radius 2 is 2.45 bits per heavy atom. The molecule has 11 heavy (non-hydrogen) atoms. The molecule has 0 radical (unpaired) electrons. The fourth-order valence-corrected chi connectivity index (χ4v) is 0.710. The molecule has 3 nitrogen and oxygen atoms in total. The van der Waals surface area contributed by atoms with Crippen molar-refractivity contribution in [2.24, 2.45) is 0 Å². The molecule has 0 aromatic heterocycles. The van der Waals surface area contributed by atoms with E-state index in [9.17, 15) is 4.79 Å². The lowest BCUT2D eigenvalue weighted by atomic mass is 10.5. The number of aliphatic carboxylic acids is 1. The average molecular weight is 175 g/mol. The van der Waals surface area contributed by atoms with E-state index in [1.165, 1.54) is 6.20 Å². The minimum absolute atomic E-state index is 0.508. The minimum Gasteiger partial charge on any atom is -0.478 e. The Morgan fingerprint density at radius 1 is 1.82 bits per heavy atom. The number of hydrogen-bond acceptors (Lipinski definition) is 3. The number of carboxylic acid groups (broad SMARTS) is 1. The van der Waals surface area contributed by atoms with Gasteiger partial charge in [-0.15, -0.1) is 0 Å². The summed E-state index contributed by atoms with van der Waals surface area (Å²) in [6, 6.07) is 0. The van der Waals surface area contributed by atoms with Crippen molar-refractivity contribution < 1.29 is 9.90 Å². The molecule has 4 heteroatoms. The second-order valence-corrected chi connectivity index (χ2v) is 3.40. The van der Waals surface area contributed by atoms with Gasteiger partial charge < -0.3 is 10.4 Å². The third-order valence-electron chi connectivity index (χ3n) is 1.15. The quantitative estimate of drug-likeness (QED) is 0.610. The first-order valence-electron chi connectivity index (χ1n) is 3.32. The molecule has 2 N–H and O–H groups in total. The highest BCUT2D eigenvalue weighted by atomic mass is 32.2. The summed E-state index contributed by atoms with van der Waals surface area (Å²) in [6.07, 6.45) is 4.56. The summed E-state index contributed by atoms with van der Waals surface area (Å²) in [5.74, 6) is -0.922. The van der Waals surface area contributed by atoms with E-state index in [4.69, 9.17) is 5.11 Å². The molecule has 0 aliphatic rings. The molecule has 0 heterocycles. The van der Waals surface area contributed by atoms with Crippen LogP contribution in [0.3, 0.4) is 0 Å². The molecular weight excluding hydrogens is 162 g/mol. The summed E-state index contributed by atoms with van der Waals surface area (Å²) in [6.45, 7) is 2.87. The Balaban J connectivity index is 3.33. The van der Waals surface area contributed by atoms with Crippen LogP contribution in [0.5, 0.6) is 0 Å². The molecule has 0 amide bonds. The Kier molecular flexibility index (Phi) is 5.74. The third kappa shape index (κ3) is 7.25. The maximum Gasteiger partial charge on any atom is 0.329 e. The highest BCUT2D eigenvalue weighted by molar-refractivity contribution is 7.99. The number of carboxylic acids is 1. The zero-order chi connectivity index (χ0) is 8.69. The summed E-state index contributed by atoms with van der Waals surface area (Å²) in [4.78, 5) is 9.98. The van der Waals surface area contributed by atoms with Crippen LogP contribution in [0.4, 0.5) is 0 Å². The molecule has 1 unspecified atom stereocenters. The molecule has 0 aliphatic carbocycles. The molecule has 0 aromatic rings. The predicted molar refractivity (Wildman–Crippen MR) is 47.8 cm³/mol. The Labute approximate surface area is 70.9 Å². The SMILES string of the molecule is CSC(C)CN/C=C/C(=O)O. The van der Waals surface area contributed by atoms with E-state index in [0.29, 0.717) is 5.25 Å². The molecule has 0 bridgehead atoms. The summed E-state index contributed by atoms with van der Waals surface area (Å²) in [7, 11) is 0. The normalized spacial score (nSPS) is 13.3. The van der Waals surface area contributed by atoms with Crippen molar-refractivity contribution in [1.29, 1.82) is 0 Å². The Hall–Kier alpha value is -0.640. The maximum atomic E-state index is 9.98. The van der Waals surface area contributed by atoms with Crippen LogP contribution in [-0.2, 0) is 4.79 Å². The van der Waals surface area contributed by atoms with Crippen LogP contribution in [0, 0.1) is 0 Å². The van der Waals surface area contributed by atoms with Gasteiger partial charge in [-0.3, -0.25) is 0 Å². The van der Waals surface area contributed by atoms with Gasteiger partial charge in [0.25, 0.3) is 0 Å². The first-order chi connectivity index (χ1) is 5.16. The van der Waals surface area contributed by atoms with Gasteiger partial charge in [0.2, 0.25) is 0 Å². The van der Waals surface area contributed by atoms with E-state index < -0.39 is 5.97 Å². The topological polar surface area (TPSA) is 49.3 Å². The fourth-order valence-electron chi connectivity index (χ4n) is 0.448. The van der Waals surface area contributed by atoms with Crippen LogP contribution in [0.2, 0.25) is 0 Å². The average Bonchev–Trinajstić information content (AvgIpc) is 1.97. The number of thioether (sulfide) groups is 1. The standard InChI is InChI=1S/C7H13NO2S/c1-6(11-2)5-8-4-3-7(9)10/h3-4,6,8H,5H2,1-2H3,(H,9,10)/b4-3+. The third-order valence-corrected chi connectivity index (χ3v) is 2.12. The second kappa shape index (κ2) is 6.09. The van der Waals surface area contributed by atoms with Crippen molar-refractivity contribution >= 4 is 17.7 Å². The van der Waals surface area contributed by atoms with Gasteiger partial charge >= 0.3 is 5.97 Å². The highest BCUT2D eigenvalue weighted by Gasteiger charge is 1.94. The van der Waals surface area contributed by atoms with Gasteiger partial charge in [-0.1, -0.05) is 6.92 Å². The predicted octanol–water partition coefficient (Wildman–Crippen LogP) is 0.926. The van der Waals surface area contributed by atoms with Crippen molar-refractivity contribution in [3.8, 4) is 0 Å². The lowest BCUT2D eigenvalue weighted by Crippen LogP contribution is -2.17. The molecule has 0 spiro atoms. The molecule has 0 aromatic carbocycles. The van der Waals surface area contributed by atoms with E-state index in [1.54, 1.807) is 11.8 Å². The van der Waals surface area contributed by atoms with Gasteiger partial charge in [-0.25, -0.2) is 4.79 Å². The monoisotopic (exact) mass is 175 g/mol. The first kappa shape index (κ1) is 10.4. The smallest absolute Gasteiger partial charge is 0.329 e. The van der Waals surface area contributed by atoms with Crippen molar-refractivity contribution in [1.82, 2.24) is 5.32 Å². The number of rotatable bonds is 5. The van der Waals surface area contributed by atoms with Crippen LogP contribution in [0.15, 0.2) is 12.3 Å². The van der Waals surface area contributed by atoms with Gasteiger partial charge in [-0.05, 0) is 6.26 Å². The lowest BCUT2D eigenvalue weighted by molar-refractivity contribution is -0.131. The number of carbonyl (C=O) groups is 1. The van der Waals surface area contributed by atoms with Crippen molar-refractivity contribution in [2.45, 2.75) is 12.2 Å². The molecule has 0 aliphatic heterocycles. The summed E-state index contributed by atoms with van der Waals surface area (Å²) in [5, 5.41) is 11.6. The summed E-state index contributed by atoms with van der Waals surface area (Å²) < 4.78 is 0. The molecular formula is C7H13NO2S. The van der Waals surface area contributed by atoms with E-state index >= 15 is 0 Å². The van der Waals surface area contributed by atoms with Crippen molar-refractivity contribution in [2.75, 3.05) is 12.8 Å². The van der Waals surface area contributed by atoms with E-state index in [0.717, 1.165) is 12.6 Å². The maximum absolute atomic E-state index is 9.98. The molecule has 64 valence electrons. The molecule has 0 saturated carbocycles. The summed E-state index contributed by atoms with van der Waals surface area (Å²) in [5.41, 5.74) is 0. The minimum atomic E-state index is -0.922. The van der Waals surface area contributed by atoms with Crippen LogP contribution in [0.1, 0.15) is 6.92 Å². The van der Waals surface area contributed by atoms with E-state index in [2.05, 4.69) is 12.2 Å². The molecule has 0 saturated heterocycles. The largest absolute Gasteiger partial charge is 0.478 e. The second-order valence-electron chi connectivity index (χ2n) is 2.13. The van der Waals surface area contributed by atoms with E-state index in [-0.39, 0.29) is 0 Å². The van der Waals surface area contributed by atoms with E-state index in [1.807, 2.05) is 6.26 Å². The summed E-state index contributed by atoms with van der Waals surface area (Å²) >= 11 is 1.74. The number of hydrogen-bond donors (Lipinski definition) is 2. The van der Waals surface area contributed by atoms with Gasteiger partial charge in [0, 0.05) is 24.1 Å². The number of nitrogens with one attached hydrogen (secondary N) is 1. The van der Waals surface area contributed by atoms with Crippen LogP contribution < -0.4 is 5.32 Å². The zero-order valence-corrected chi connectivity index (χ0v) is 7.52. The Bertz CT molecular complexity index is 147. The zero-order valence-electron chi connectivity index (χ0n) is 6.70. The molecule has 0 rings (SSSR count). The highest BCUT2D eigenvalue weighted by Crippen LogP contribution is 2.01. The lowest BCUT2D eigenvalue weighted by Gasteiger charge is -2.06. The van der Waals surface area contributed by atoms with Crippen LogP contribution in [0.25, 0.3) is 0 Å². The van der Waals surface area contributed by atoms with Gasteiger partial charge in [0.15, 0.2) is 0 Å². The van der Waals surface area contributed by atoms with Gasteiger partial charge in [0.1, 0.15) is 0 Å². The van der Waals surface area contributed by atoms with Gasteiger partial charge in [0.05, 0.1) is 0 Å². The molecule has 0 fully saturated rings. The van der Waals surface area contributed by atoms with Crippen molar-refractivity contribution in [3.05, 3.63) is 12.3 Å². The Morgan fingerprint density at radius 3 is 2.91 bits per heavy atom. The van der Waals surface area contributed by atoms with Gasteiger partial charge in [-0.2, -0.15) is 11.8 Å².